The minimum absolute atomic E-state index is 0.309. The molecule has 4 aromatic carbocycles. The Bertz CT molecular complexity index is 1280. The molecule has 0 radical (unpaired) electrons. The maximum atomic E-state index is 13.3. The van der Waals surface area contributed by atoms with Gasteiger partial charge >= 0.3 is 0 Å². The molecule has 0 aromatic heterocycles. The van der Waals surface area contributed by atoms with Crippen molar-refractivity contribution in [2.45, 2.75) is 5.60 Å². The molecule has 1 heterocycles. The highest BCUT2D eigenvalue weighted by atomic mass is 16.7. The van der Waals surface area contributed by atoms with E-state index in [-0.39, 0.29) is 0 Å². The molecule has 4 aromatic rings. The predicted molar refractivity (Wildman–Crippen MR) is 130 cm³/mol. The molecule has 0 atom stereocenters. The van der Waals surface area contributed by atoms with Gasteiger partial charge in [-0.2, -0.15) is 0 Å². The van der Waals surface area contributed by atoms with Crippen LogP contribution in [0.2, 0.25) is 0 Å². The summed E-state index contributed by atoms with van der Waals surface area (Å²) in [7, 11) is 3.19. The summed E-state index contributed by atoms with van der Waals surface area (Å²) >= 11 is 0. The van der Waals surface area contributed by atoms with Crippen LogP contribution in [0.15, 0.2) is 103 Å². The van der Waals surface area contributed by atoms with Gasteiger partial charge in [0.05, 0.1) is 25.3 Å². The van der Waals surface area contributed by atoms with E-state index in [4.69, 9.17) is 14.3 Å². The highest BCUT2D eigenvalue weighted by Crippen LogP contribution is 2.43. The van der Waals surface area contributed by atoms with Crippen molar-refractivity contribution in [3.8, 4) is 11.5 Å². The summed E-state index contributed by atoms with van der Waals surface area (Å²) in [4.78, 5) is 33.2. The second-order valence-corrected chi connectivity index (χ2v) is 8.05. The Balaban J connectivity index is 1.74. The van der Waals surface area contributed by atoms with E-state index in [1.807, 2.05) is 78.9 Å². The third-order valence-corrected chi connectivity index (χ3v) is 6.16. The molecule has 0 aliphatic carbocycles. The Morgan fingerprint density at radius 3 is 1.37 bits per heavy atom. The number of ether oxygens (including phenoxy) is 2. The average Bonchev–Trinajstić information content (AvgIpc) is 3.17. The van der Waals surface area contributed by atoms with Crippen LogP contribution in [0.4, 0.5) is 0 Å². The summed E-state index contributed by atoms with van der Waals surface area (Å²) in [5, 5.41) is 0.867. The van der Waals surface area contributed by atoms with E-state index in [0.29, 0.717) is 33.8 Å². The number of hydrogen-bond acceptors (Lipinski definition) is 5. The zero-order chi connectivity index (χ0) is 24.4. The average molecular weight is 466 g/mol. The molecule has 0 saturated carbocycles. The normalized spacial score (nSPS) is 13.0. The predicted octanol–water partition coefficient (Wildman–Crippen LogP) is 5.22. The molecule has 0 unspecified atom stereocenters. The van der Waals surface area contributed by atoms with Crippen LogP contribution in [-0.2, 0) is 10.4 Å². The first-order valence-electron chi connectivity index (χ1n) is 11.1. The number of hydroxylamine groups is 2. The van der Waals surface area contributed by atoms with Gasteiger partial charge in [-0.3, -0.25) is 9.59 Å². The largest absolute Gasteiger partial charge is 0.497 e. The lowest BCUT2D eigenvalue weighted by Gasteiger charge is -2.37. The zero-order valence-corrected chi connectivity index (χ0v) is 19.3. The van der Waals surface area contributed by atoms with Crippen molar-refractivity contribution in [2.24, 2.45) is 0 Å². The van der Waals surface area contributed by atoms with E-state index in [0.717, 1.165) is 10.6 Å². The van der Waals surface area contributed by atoms with Gasteiger partial charge in [-0.15, -0.1) is 5.06 Å². The minimum Gasteiger partial charge on any atom is -0.497 e. The van der Waals surface area contributed by atoms with Crippen molar-refractivity contribution in [3.63, 3.8) is 0 Å². The van der Waals surface area contributed by atoms with Gasteiger partial charge in [-0.05, 0) is 53.1 Å². The van der Waals surface area contributed by atoms with Gasteiger partial charge in [-0.25, -0.2) is 4.84 Å². The number of rotatable bonds is 7. The van der Waals surface area contributed by atoms with Crippen LogP contribution < -0.4 is 9.47 Å². The van der Waals surface area contributed by atoms with E-state index >= 15 is 0 Å². The number of imide groups is 1. The third kappa shape index (κ3) is 3.74. The fourth-order valence-corrected chi connectivity index (χ4v) is 4.37. The standard InChI is InChI=1S/C29H23NO5/c1-33-23-16-12-21(13-17-23)29(20-8-4-3-5-9-20,22-14-18-24(34-2)19-15-22)35-30-27(31)25-10-6-7-11-26(25)28(30)32/h3-19H,1-2H3. The van der Waals surface area contributed by atoms with Crippen molar-refractivity contribution < 1.29 is 23.9 Å². The number of nitrogens with zero attached hydrogens (tertiary/aromatic N) is 1. The number of carbonyl (C=O) groups is 2. The molecule has 2 amide bonds. The summed E-state index contributed by atoms with van der Waals surface area (Å²) in [5.41, 5.74) is 1.46. The maximum Gasteiger partial charge on any atom is 0.285 e. The topological polar surface area (TPSA) is 65.1 Å². The zero-order valence-electron chi connectivity index (χ0n) is 19.3. The molecular formula is C29H23NO5. The van der Waals surface area contributed by atoms with Gasteiger partial charge in [-0.1, -0.05) is 66.7 Å². The fourth-order valence-electron chi connectivity index (χ4n) is 4.37. The number of benzene rings is 4. The van der Waals surface area contributed by atoms with Crippen LogP contribution in [0.5, 0.6) is 11.5 Å². The van der Waals surface area contributed by atoms with Crippen molar-refractivity contribution in [1.82, 2.24) is 5.06 Å². The molecule has 5 rings (SSSR count). The summed E-state index contributed by atoms with van der Waals surface area (Å²) in [6.07, 6.45) is 0. The first-order valence-corrected chi connectivity index (χ1v) is 11.1. The summed E-state index contributed by atoms with van der Waals surface area (Å²) < 4.78 is 10.7. The van der Waals surface area contributed by atoms with Crippen LogP contribution in [0.3, 0.4) is 0 Å². The van der Waals surface area contributed by atoms with Crippen molar-refractivity contribution in [3.05, 3.63) is 131 Å². The third-order valence-electron chi connectivity index (χ3n) is 6.16. The molecule has 0 N–H and O–H groups in total. The van der Waals surface area contributed by atoms with Crippen LogP contribution >= 0.6 is 0 Å². The van der Waals surface area contributed by atoms with Gasteiger partial charge < -0.3 is 9.47 Å². The lowest BCUT2D eigenvalue weighted by atomic mass is 9.80. The van der Waals surface area contributed by atoms with E-state index in [1.165, 1.54) is 0 Å². The van der Waals surface area contributed by atoms with Crippen molar-refractivity contribution >= 4 is 11.8 Å². The SMILES string of the molecule is COc1ccc(C(ON2C(=O)c3ccccc3C2=O)(c2ccccc2)c2ccc(OC)cc2)cc1. The molecule has 1 aliphatic rings. The van der Waals surface area contributed by atoms with Crippen molar-refractivity contribution in [1.29, 1.82) is 0 Å². The van der Waals surface area contributed by atoms with E-state index in [9.17, 15) is 9.59 Å². The van der Waals surface area contributed by atoms with Gasteiger partial charge in [0.25, 0.3) is 11.8 Å². The highest BCUT2D eigenvalue weighted by molar-refractivity contribution is 6.20. The molecule has 6 heteroatoms. The first-order chi connectivity index (χ1) is 17.1. The molecule has 0 saturated heterocycles. The van der Waals surface area contributed by atoms with Crippen molar-refractivity contribution in [2.75, 3.05) is 14.2 Å². The summed E-state index contributed by atoms with van der Waals surface area (Å²) in [5.74, 6) is 0.332. The van der Waals surface area contributed by atoms with Crippen LogP contribution in [-0.4, -0.2) is 31.1 Å². The maximum absolute atomic E-state index is 13.3. The van der Waals surface area contributed by atoms with Crippen LogP contribution in [0, 0.1) is 0 Å². The Morgan fingerprint density at radius 1 is 0.543 bits per heavy atom. The molecule has 0 bridgehead atoms. The van der Waals surface area contributed by atoms with Gasteiger partial charge in [0.2, 0.25) is 0 Å². The van der Waals surface area contributed by atoms with E-state index < -0.39 is 17.4 Å². The highest BCUT2D eigenvalue weighted by Gasteiger charge is 2.46. The van der Waals surface area contributed by atoms with Gasteiger partial charge in [0.1, 0.15) is 11.5 Å². The fraction of sp³-hybridized carbons (Fsp3) is 0.103. The second-order valence-electron chi connectivity index (χ2n) is 8.05. The lowest BCUT2D eigenvalue weighted by Crippen LogP contribution is -2.43. The lowest BCUT2D eigenvalue weighted by molar-refractivity contribution is -0.158. The number of amides is 2. The quantitative estimate of drug-likeness (QED) is 0.276. The molecule has 1 aliphatic heterocycles. The number of hydrogen-bond donors (Lipinski definition) is 0. The second kappa shape index (κ2) is 9.08. The smallest absolute Gasteiger partial charge is 0.285 e. The Labute approximate surface area is 203 Å². The van der Waals surface area contributed by atoms with Crippen LogP contribution in [0.25, 0.3) is 0 Å². The number of fused-ring (bicyclic) bond motifs is 1. The minimum atomic E-state index is -1.33. The molecule has 174 valence electrons. The number of carbonyl (C=O) groups excluding carboxylic acids is 2. The Hall–Kier alpha value is -4.42. The van der Waals surface area contributed by atoms with E-state index in [1.54, 1.807) is 38.5 Å². The molecule has 35 heavy (non-hydrogen) atoms. The molecule has 6 nitrogen and oxygen atoms in total. The van der Waals surface area contributed by atoms with Gasteiger partial charge in [0.15, 0.2) is 5.60 Å². The molecule has 0 spiro atoms. The van der Waals surface area contributed by atoms with Crippen LogP contribution in [0.1, 0.15) is 37.4 Å². The molecule has 0 fully saturated rings. The summed E-state index contributed by atoms with van der Waals surface area (Å²) in [6, 6.07) is 31.0. The first kappa shape index (κ1) is 22.4. The Morgan fingerprint density at radius 2 is 0.943 bits per heavy atom. The van der Waals surface area contributed by atoms with Gasteiger partial charge in [0, 0.05) is 0 Å². The number of methoxy groups -OCH3 is 2. The van der Waals surface area contributed by atoms with E-state index in [2.05, 4.69) is 0 Å². The Kier molecular flexibility index (Phi) is 5.81. The molecular weight excluding hydrogens is 442 g/mol. The monoisotopic (exact) mass is 465 g/mol. The summed E-state index contributed by atoms with van der Waals surface area (Å²) in [6.45, 7) is 0.